The van der Waals surface area contributed by atoms with Crippen LogP contribution in [0.3, 0.4) is 0 Å². The summed E-state index contributed by atoms with van der Waals surface area (Å²) < 4.78 is 18.1. The number of carbonyl (C=O) groups is 1. The molecule has 8 nitrogen and oxygen atoms in total. The number of amides is 1. The van der Waals surface area contributed by atoms with Crippen LogP contribution in [-0.2, 0) is 11.3 Å². The standard InChI is InChI=1S/C12H10FN3O.C10H15N3O.H2/c1-8-2-3-10(16-7-17)4-11(8)12-14-5-9(13)6-15-12;1-6-8-3-4-13(10(6)8)5-9-12-11-7(2)14-9;/h2-7H,1H3,(H,16,17);6,8,10H,3-5H2,1-2H3;1H. The summed E-state index contributed by atoms with van der Waals surface area (Å²) in [6.45, 7) is 8.10. The second-order valence-corrected chi connectivity index (χ2v) is 8.00. The molecular formula is C22H27FN6O2. The molecule has 1 amide bonds. The summed E-state index contributed by atoms with van der Waals surface area (Å²) in [5.41, 5.74) is 2.36. The van der Waals surface area contributed by atoms with E-state index in [0.717, 1.165) is 53.8 Å². The first kappa shape index (κ1) is 21.0. The van der Waals surface area contributed by atoms with Crippen LogP contribution in [0.4, 0.5) is 10.1 Å². The Morgan fingerprint density at radius 1 is 1.29 bits per heavy atom. The number of benzene rings is 1. The van der Waals surface area contributed by atoms with Gasteiger partial charge >= 0.3 is 0 Å². The summed E-state index contributed by atoms with van der Waals surface area (Å²) in [6.07, 6.45) is 4.17. The lowest BCUT2D eigenvalue weighted by molar-refractivity contribution is -0.105. The van der Waals surface area contributed by atoms with Crippen molar-refractivity contribution in [1.82, 2.24) is 25.1 Å². The number of rotatable bonds is 5. The Kier molecular flexibility index (Phi) is 6.03. The predicted molar refractivity (Wildman–Crippen MR) is 114 cm³/mol. The average molecular weight is 426 g/mol. The number of aromatic nitrogens is 4. The lowest BCUT2D eigenvalue weighted by Gasteiger charge is -2.15. The fourth-order valence-electron chi connectivity index (χ4n) is 4.26. The molecule has 1 N–H and O–H groups in total. The molecule has 3 unspecified atom stereocenters. The first-order valence-corrected chi connectivity index (χ1v) is 10.3. The summed E-state index contributed by atoms with van der Waals surface area (Å²) in [5.74, 6) is 3.21. The molecule has 1 saturated carbocycles. The van der Waals surface area contributed by atoms with Crippen LogP contribution in [0.5, 0.6) is 0 Å². The summed E-state index contributed by atoms with van der Waals surface area (Å²) in [7, 11) is 0. The lowest BCUT2D eigenvalue weighted by Crippen LogP contribution is -2.24. The smallest absolute Gasteiger partial charge is 0.230 e. The molecule has 0 bridgehead atoms. The van der Waals surface area contributed by atoms with Gasteiger partial charge in [-0.1, -0.05) is 13.0 Å². The van der Waals surface area contributed by atoms with E-state index in [1.54, 1.807) is 12.1 Å². The molecule has 5 rings (SSSR count). The SMILES string of the molecule is Cc1ccc(NC=O)cc1-c1ncc(F)cn1.Cc1nnc(CN2CCC3C(C)C32)o1.[HH]. The highest BCUT2D eigenvalue weighted by molar-refractivity contribution is 5.75. The second kappa shape index (κ2) is 8.89. The number of carbonyl (C=O) groups excluding carboxylic acids is 1. The molecule has 3 aromatic rings. The molecule has 1 saturated heterocycles. The minimum atomic E-state index is -0.478. The maximum absolute atomic E-state index is 12.7. The van der Waals surface area contributed by atoms with Gasteiger partial charge in [-0.25, -0.2) is 14.4 Å². The molecule has 1 aliphatic carbocycles. The van der Waals surface area contributed by atoms with Crippen molar-refractivity contribution in [3.8, 4) is 11.4 Å². The Balaban J connectivity index is 0.000000178. The van der Waals surface area contributed by atoms with Crippen molar-refractivity contribution in [2.24, 2.45) is 11.8 Å². The topological polar surface area (TPSA) is 97.0 Å². The van der Waals surface area contributed by atoms with Gasteiger partial charge < -0.3 is 9.73 Å². The number of likely N-dealkylation sites (tertiary alicyclic amines) is 1. The van der Waals surface area contributed by atoms with Gasteiger partial charge in [0.2, 0.25) is 18.2 Å². The van der Waals surface area contributed by atoms with Gasteiger partial charge in [-0.2, -0.15) is 0 Å². The number of hydrogen-bond donors (Lipinski definition) is 1. The zero-order valence-corrected chi connectivity index (χ0v) is 17.7. The van der Waals surface area contributed by atoms with Crippen LogP contribution in [-0.4, -0.2) is 44.1 Å². The third-order valence-electron chi connectivity index (χ3n) is 5.91. The highest BCUT2D eigenvalue weighted by Gasteiger charge is 2.54. The van der Waals surface area contributed by atoms with Crippen molar-refractivity contribution in [2.75, 3.05) is 11.9 Å². The number of halogens is 1. The van der Waals surface area contributed by atoms with E-state index in [0.29, 0.717) is 23.8 Å². The molecule has 1 aromatic carbocycles. The number of nitrogens with one attached hydrogen (secondary N) is 1. The summed E-state index contributed by atoms with van der Waals surface area (Å²) >= 11 is 0. The Morgan fingerprint density at radius 2 is 2.06 bits per heavy atom. The van der Waals surface area contributed by atoms with Gasteiger partial charge in [0.05, 0.1) is 18.9 Å². The van der Waals surface area contributed by atoms with E-state index in [9.17, 15) is 9.18 Å². The number of piperidine rings is 1. The zero-order chi connectivity index (χ0) is 22.0. The molecule has 9 heteroatoms. The summed E-state index contributed by atoms with van der Waals surface area (Å²) in [6, 6.07) is 6.16. The van der Waals surface area contributed by atoms with Crippen molar-refractivity contribution < 1.29 is 15.0 Å². The van der Waals surface area contributed by atoms with Crippen LogP contribution in [0.25, 0.3) is 11.4 Å². The third kappa shape index (κ3) is 4.77. The van der Waals surface area contributed by atoms with Crippen LogP contribution >= 0.6 is 0 Å². The van der Waals surface area contributed by atoms with Crippen molar-refractivity contribution in [3.63, 3.8) is 0 Å². The minimum Gasteiger partial charge on any atom is -0.424 e. The van der Waals surface area contributed by atoms with E-state index in [2.05, 4.69) is 37.3 Å². The van der Waals surface area contributed by atoms with Crippen LogP contribution < -0.4 is 5.32 Å². The molecule has 3 heterocycles. The Bertz CT molecular complexity index is 1060. The first-order valence-electron chi connectivity index (χ1n) is 10.3. The van der Waals surface area contributed by atoms with Crippen molar-refractivity contribution in [2.45, 2.75) is 39.8 Å². The highest BCUT2D eigenvalue weighted by atomic mass is 19.1. The van der Waals surface area contributed by atoms with E-state index in [4.69, 9.17) is 4.42 Å². The maximum Gasteiger partial charge on any atom is 0.230 e. The van der Waals surface area contributed by atoms with Crippen LogP contribution in [0, 0.1) is 31.5 Å². The molecule has 3 atom stereocenters. The summed E-state index contributed by atoms with van der Waals surface area (Å²) in [5, 5.41) is 10.4. The lowest BCUT2D eigenvalue weighted by atomic mass is 10.1. The molecule has 1 aliphatic heterocycles. The molecular weight excluding hydrogens is 399 g/mol. The van der Waals surface area contributed by atoms with Gasteiger partial charge in [-0.05, 0) is 49.4 Å². The van der Waals surface area contributed by atoms with E-state index < -0.39 is 5.82 Å². The second-order valence-electron chi connectivity index (χ2n) is 8.00. The van der Waals surface area contributed by atoms with E-state index in [1.807, 2.05) is 19.9 Å². The van der Waals surface area contributed by atoms with E-state index in [1.165, 1.54) is 13.0 Å². The minimum absolute atomic E-state index is 0. The van der Waals surface area contributed by atoms with Crippen molar-refractivity contribution >= 4 is 12.1 Å². The quantitative estimate of drug-likeness (QED) is 0.622. The third-order valence-corrected chi connectivity index (χ3v) is 5.91. The molecule has 31 heavy (non-hydrogen) atoms. The van der Waals surface area contributed by atoms with Gasteiger partial charge in [0.25, 0.3) is 0 Å². The van der Waals surface area contributed by atoms with Crippen LogP contribution in [0.2, 0.25) is 0 Å². The van der Waals surface area contributed by atoms with Gasteiger partial charge in [0.15, 0.2) is 11.6 Å². The molecule has 164 valence electrons. The monoisotopic (exact) mass is 426 g/mol. The predicted octanol–water partition coefficient (Wildman–Crippen LogP) is 3.62. The molecule has 2 aliphatic rings. The van der Waals surface area contributed by atoms with Gasteiger partial charge in [-0.3, -0.25) is 9.69 Å². The van der Waals surface area contributed by atoms with Crippen molar-refractivity contribution in [1.29, 1.82) is 0 Å². The maximum atomic E-state index is 12.7. The summed E-state index contributed by atoms with van der Waals surface area (Å²) in [4.78, 5) is 20.7. The fraction of sp³-hybridized carbons (Fsp3) is 0.409. The van der Waals surface area contributed by atoms with E-state index >= 15 is 0 Å². The Labute approximate surface area is 181 Å². The van der Waals surface area contributed by atoms with Gasteiger partial charge in [-0.15, -0.1) is 10.2 Å². The number of aryl methyl sites for hydroxylation is 2. The fourth-order valence-corrected chi connectivity index (χ4v) is 4.26. The molecule has 0 radical (unpaired) electrons. The number of nitrogens with zero attached hydrogens (tertiary/aromatic N) is 5. The molecule has 2 fully saturated rings. The number of fused-ring (bicyclic) bond motifs is 1. The normalized spacial score (nSPS) is 21.7. The van der Waals surface area contributed by atoms with Gasteiger partial charge in [0, 0.05) is 25.6 Å². The van der Waals surface area contributed by atoms with Gasteiger partial charge in [0.1, 0.15) is 0 Å². The van der Waals surface area contributed by atoms with Crippen LogP contribution in [0.1, 0.15) is 32.1 Å². The molecule has 0 spiro atoms. The average Bonchev–Trinajstić information content (AvgIpc) is 3.06. The van der Waals surface area contributed by atoms with Crippen molar-refractivity contribution in [3.05, 3.63) is 53.8 Å². The Morgan fingerprint density at radius 3 is 2.68 bits per heavy atom. The largest absolute Gasteiger partial charge is 0.424 e. The molecule has 2 aromatic heterocycles. The van der Waals surface area contributed by atoms with Crippen LogP contribution in [0.15, 0.2) is 35.0 Å². The first-order chi connectivity index (χ1) is 15.0. The van der Waals surface area contributed by atoms with E-state index in [-0.39, 0.29) is 1.43 Å². The Hall–Kier alpha value is -3.20. The number of hydrogen-bond acceptors (Lipinski definition) is 7. The number of anilines is 1. The highest BCUT2D eigenvalue weighted by Crippen LogP contribution is 2.50. The zero-order valence-electron chi connectivity index (χ0n) is 17.7.